The molecule has 0 aliphatic heterocycles. The molecule has 0 heterocycles. The van der Waals surface area contributed by atoms with Crippen LogP contribution >= 0.6 is 23.5 Å². The molecule has 0 saturated heterocycles. The van der Waals surface area contributed by atoms with Crippen molar-refractivity contribution in [2.24, 2.45) is 0 Å². The van der Waals surface area contributed by atoms with E-state index in [-0.39, 0.29) is 0 Å². The molecular weight excluding hydrogens is 348 g/mol. The Morgan fingerprint density at radius 1 is 0.833 bits per heavy atom. The zero-order valence-corrected chi connectivity index (χ0v) is 19.8. The smallest absolute Gasteiger partial charge is 0.192 e. The summed E-state index contributed by atoms with van der Waals surface area (Å²) in [6.07, 6.45) is 9.67. The van der Waals surface area contributed by atoms with Crippen molar-refractivity contribution in [2.75, 3.05) is 23.9 Å². The summed E-state index contributed by atoms with van der Waals surface area (Å²) in [7, 11) is -1.37. The van der Waals surface area contributed by atoms with Crippen molar-refractivity contribution in [1.29, 1.82) is 0 Å². The highest BCUT2D eigenvalue weighted by Gasteiger charge is 2.29. The van der Waals surface area contributed by atoms with Gasteiger partial charge in [0.2, 0.25) is 0 Å². The molecule has 0 aromatic rings. The van der Waals surface area contributed by atoms with Crippen LogP contribution in [0.1, 0.15) is 79.6 Å². The van der Waals surface area contributed by atoms with Gasteiger partial charge in [0, 0.05) is 17.6 Å². The first-order valence-electron chi connectivity index (χ1n) is 10.5. The Bertz CT molecular complexity index is 260. The third-order valence-corrected chi connectivity index (χ3v) is 12.1. The molecular formula is C20H44OS2Si. The molecule has 1 nitrogen and oxygen atoms in total. The van der Waals surface area contributed by atoms with Gasteiger partial charge in [-0.05, 0) is 42.5 Å². The van der Waals surface area contributed by atoms with Crippen molar-refractivity contribution in [1.82, 2.24) is 0 Å². The fraction of sp³-hybridized carbons (Fsp3) is 1.00. The highest BCUT2D eigenvalue weighted by Crippen LogP contribution is 2.24. The predicted molar refractivity (Wildman–Crippen MR) is 120 cm³/mol. The fourth-order valence-electron chi connectivity index (χ4n) is 3.08. The number of thioether (sulfide) groups is 2. The lowest BCUT2D eigenvalue weighted by Crippen LogP contribution is -2.37. The Hall–Kier alpha value is 0.877. The summed E-state index contributed by atoms with van der Waals surface area (Å²) < 4.78 is 6.40. The summed E-state index contributed by atoms with van der Waals surface area (Å²) in [6.45, 7) is 12.6. The summed E-state index contributed by atoms with van der Waals surface area (Å²) in [6, 6.07) is 3.92. The van der Waals surface area contributed by atoms with Crippen LogP contribution in [0.15, 0.2) is 0 Å². The lowest BCUT2D eigenvalue weighted by Gasteiger charge is -2.29. The summed E-state index contributed by atoms with van der Waals surface area (Å²) >= 11 is 4.27. The van der Waals surface area contributed by atoms with E-state index in [9.17, 15) is 0 Å². The second-order valence-electron chi connectivity index (χ2n) is 6.99. The lowest BCUT2D eigenvalue weighted by atomic mass is 10.2. The summed E-state index contributed by atoms with van der Waals surface area (Å²) in [4.78, 5) is 0. The van der Waals surface area contributed by atoms with Gasteiger partial charge >= 0.3 is 0 Å². The number of hydrogen-bond acceptors (Lipinski definition) is 3. The number of unbranched alkanes of at least 4 members (excludes halogenated alkanes) is 4. The summed E-state index contributed by atoms with van der Waals surface area (Å²) in [5.74, 6) is 3.84. The maximum atomic E-state index is 6.40. The Morgan fingerprint density at radius 3 is 2.17 bits per heavy atom. The average molecular weight is 393 g/mol. The minimum Gasteiger partial charge on any atom is -0.416 e. The van der Waals surface area contributed by atoms with E-state index in [1.54, 1.807) is 0 Å². The third-order valence-electron chi connectivity index (χ3n) is 4.95. The second kappa shape index (κ2) is 17.3. The molecule has 0 aromatic heterocycles. The third kappa shape index (κ3) is 13.1. The van der Waals surface area contributed by atoms with Crippen LogP contribution in [0, 0.1) is 0 Å². The van der Waals surface area contributed by atoms with Gasteiger partial charge in [0.1, 0.15) is 0 Å². The molecule has 24 heavy (non-hydrogen) atoms. The SMILES string of the molecule is CCCCCCCSC(C)CCSCCO[Si](CC)(CC)CCC. The van der Waals surface area contributed by atoms with E-state index in [1.165, 1.54) is 80.3 Å². The van der Waals surface area contributed by atoms with Gasteiger partial charge in [-0.2, -0.15) is 23.5 Å². The average Bonchev–Trinajstić information content (AvgIpc) is 2.60. The molecule has 0 fully saturated rings. The van der Waals surface area contributed by atoms with Gasteiger partial charge in [-0.15, -0.1) is 0 Å². The molecule has 1 unspecified atom stereocenters. The van der Waals surface area contributed by atoms with Gasteiger partial charge in [0.25, 0.3) is 0 Å². The first-order chi connectivity index (χ1) is 11.6. The predicted octanol–water partition coefficient (Wildman–Crippen LogP) is 7.61. The molecule has 0 bridgehead atoms. The highest BCUT2D eigenvalue weighted by molar-refractivity contribution is 8.00. The Kier molecular flexibility index (Phi) is 17.9. The van der Waals surface area contributed by atoms with E-state index in [4.69, 9.17) is 4.43 Å². The maximum Gasteiger partial charge on any atom is 0.192 e. The number of rotatable bonds is 18. The van der Waals surface area contributed by atoms with Gasteiger partial charge in [0.15, 0.2) is 8.32 Å². The largest absolute Gasteiger partial charge is 0.416 e. The normalized spacial score (nSPS) is 13.4. The van der Waals surface area contributed by atoms with E-state index in [2.05, 4.69) is 58.1 Å². The van der Waals surface area contributed by atoms with Gasteiger partial charge in [-0.1, -0.05) is 66.7 Å². The van der Waals surface area contributed by atoms with Crippen LogP contribution < -0.4 is 0 Å². The maximum absolute atomic E-state index is 6.40. The van der Waals surface area contributed by atoms with E-state index >= 15 is 0 Å². The minimum absolute atomic E-state index is 0.824. The van der Waals surface area contributed by atoms with Crippen molar-refractivity contribution in [3.8, 4) is 0 Å². The Balaban J connectivity index is 3.54. The van der Waals surface area contributed by atoms with Crippen molar-refractivity contribution >= 4 is 31.8 Å². The summed E-state index contributed by atoms with van der Waals surface area (Å²) in [5, 5.41) is 0.824. The standard InChI is InChI=1S/C20H44OS2Si/c1-6-10-11-12-13-16-23-20(5)14-17-22-18-15-21-24(8-3,9-4)19-7-2/h20H,6-19H2,1-5H3. The van der Waals surface area contributed by atoms with Crippen LogP contribution in [0.4, 0.5) is 0 Å². The van der Waals surface area contributed by atoms with E-state index in [0.717, 1.165) is 11.9 Å². The van der Waals surface area contributed by atoms with Crippen molar-refractivity contribution < 1.29 is 4.43 Å². The molecule has 0 N–H and O–H groups in total. The zero-order valence-electron chi connectivity index (χ0n) is 17.2. The van der Waals surface area contributed by atoms with E-state index in [0.29, 0.717) is 0 Å². The van der Waals surface area contributed by atoms with Crippen LogP contribution in [0.5, 0.6) is 0 Å². The molecule has 0 saturated carbocycles. The lowest BCUT2D eigenvalue weighted by molar-refractivity contribution is 0.323. The molecule has 0 aromatic carbocycles. The molecule has 146 valence electrons. The monoisotopic (exact) mass is 392 g/mol. The van der Waals surface area contributed by atoms with Crippen molar-refractivity contribution in [3.05, 3.63) is 0 Å². The summed E-state index contributed by atoms with van der Waals surface area (Å²) in [5.41, 5.74) is 0. The Morgan fingerprint density at radius 2 is 1.54 bits per heavy atom. The van der Waals surface area contributed by atoms with Crippen LogP contribution in [-0.2, 0) is 4.43 Å². The molecule has 0 rings (SSSR count). The zero-order chi connectivity index (χ0) is 18.1. The van der Waals surface area contributed by atoms with Gasteiger partial charge in [-0.25, -0.2) is 0 Å². The minimum atomic E-state index is -1.37. The van der Waals surface area contributed by atoms with Gasteiger partial charge in [-0.3, -0.25) is 0 Å². The van der Waals surface area contributed by atoms with Crippen LogP contribution in [0.2, 0.25) is 18.1 Å². The Labute approximate surface area is 163 Å². The molecule has 1 atom stereocenters. The van der Waals surface area contributed by atoms with Crippen LogP contribution in [-0.4, -0.2) is 37.4 Å². The molecule has 0 spiro atoms. The molecule has 0 radical (unpaired) electrons. The van der Waals surface area contributed by atoms with E-state index < -0.39 is 8.32 Å². The first kappa shape index (κ1) is 24.9. The van der Waals surface area contributed by atoms with Crippen LogP contribution in [0.3, 0.4) is 0 Å². The number of hydrogen-bond donors (Lipinski definition) is 0. The first-order valence-corrected chi connectivity index (χ1v) is 15.2. The second-order valence-corrected chi connectivity index (χ2v) is 14.3. The van der Waals surface area contributed by atoms with Crippen LogP contribution in [0.25, 0.3) is 0 Å². The molecule has 4 heteroatoms. The highest BCUT2D eigenvalue weighted by atomic mass is 32.2. The quantitative estimate of drug-likeness (QED) is 0.175. The molecule has 0 amide bonds. The van der Waals surface area contributed by atoms with E-state index in [1.807, 2.05) is 0 Å². The topological polar surface area (TPSA) is 9.23 Å². The molecule has 0 aliphatic carbocycles. The van der Waals surface area contributed by atoms with Crippen molar-refractivity contribution in [2.45, 2.75) is 103 Å². The van der Waals surface area contributed by atoms with Gasteiger partial charge in [0.05, 0.1) is 0 Å². The fourth-order valence-corrected chi connectivity index (χ4v) is 8.56. The van der Waals surface area contributed by atoms with Crippen molar-refractivity contribution in [3.63, 3.8) is 0 Å². The van der Waals surface area contributed by atoms with Gasteiger partial charge < -0.3 is 4.43 Å². The molecule has 0 aliphatic rings.